The number of nitrogens with one attached hydrogen (secondary N) is 1. The van der Waals surface area contributed by atoms with E-state index >= 15 is 0 Å². The molecule has 2 aromatic carbocycles. The monoisotopic (exact) mass is 431 g/mol. The standard InChI is InChI=1S/C26H29N3O3/c1-3-20-12-14-21(15-13-20)31-17-7-6-16-29-23-10-5-4-9-22(23)28-25(29)19(2)27-26(30)24-11-8-18-32-24/h4-5,8-15,18-19H,3,6-7,16-17H2,1-2H3,(H,27,30). The predicted molar refractivity (Wildman–Crippen MR) is 125 cm³/mol. The Hall–Kier alpha value is -3.54. The molecule has 0 spiro atoms. The van der Waals surface area contributed by atoms with Crippen LogP contribution in [0.1, 0.15) is 54.7 Å². The third kappa shape index (κ3) is 5.02. The summed E-state index contributed by atoms with van der Waals surface area (Å²) in [6.07, 6.45) is 4.39. The first-order chi connectivity index (χ1) is 15.7. The highest BCUT2D eigenvalue weighted by atomic mass is 16.5. The molecule has 1 atom stereocenters. The van der Waals surface area contributed by atoms with Gasteiger partial charge in [0.2, 0.25) is 0 Å². The Labute approximate surface area is 188 Å². The van der Waals surface area contributed by atoms with Crippen molar-refractivity contribution < 1.29 is 13.9 Å². The molecule has 6 nitrogen and oxygen atoms in total. The van der Waals surface area contributed by atoms with Gasteiger partial charge in [0.05, 0.1) is 29.9 Å². The fourth-order valence-corrected chi connectivity index (χ4v) is 3.78. The fraction of sp³-hybridized carbons (Fsp3) is 0.308. The molecular weight excluding hydrogens is 402 g/mol. The van der Waals surface area contributed by atoms with E-state index in [2.05, 4.69) is 35.0 Å². The number of carbonyl (C=O) groups is 1. The molecular formula is C26H29N3O3. The highest BCUT2D eigenvalue weighted by Gasteiger charge is 2.19. The van der Waals surface area contributed by atoms with Gasteiger partial charge in [-0.2, -0.15) is 0 Å². The summed E-state index contributed by atoms with van der Waals surface area (Å²) in [5, 5.41) is 2.99. The largest absolute Gasteiger partial charge is 0.494 e. The second-order valence-electron chi connectivity index (χ2n) is 7.84. The SMILES string of the molecule is CCc1ccc(OCCCCn2c(C(C)NC(=O)c3ccco3)nc3ccccc32)cc1. The molecule has 2 aromatic heterocycles. The van der Waals surface area contributed by atoms with Gasteiger partial charge in [-0.15, -0.1) is 0 Å². The van der Waals surface area contributed by atoms with Crippen LogP contribution in [0, 0.1) is 0 Å². The number of benzene rings is 2. The lowest BCUT2D eigenvalue weighted by molar-refractivity contribution is 0.0909. The first kappa shape index (κ1) is 21.7. The van der Waals surface area contributed by atoms with Gasteiger partial charge >= 0.3 is 0 Å². The molecule has 0 aliphatic carbocycles. The first-order valence-corrected chi connectivity index (χ1v) is 11.2. The van der Waals surface area contributed by atoms with E-state index in [1.165, 1.54) is 11.8 Å². The van der Waals surface area contributed by atoms with Crippen LogP contribution in [-0.4, -0.2) is 22.1 Å². The van der Waals surface area contributed by atoms with Crippen LogP contribution in [-0.2, 0) is 13.0 Å². The van der Waals surface area contributed by atoms with Crippen molar-refractivity contribution in [3.8, 4) is 5.75 Å². The van der Waals surface area contributed by atoms with Crippen LogP contribution in [0.4, 0.5) is 0 Å². The Morgan fingerprint density at radius 3 is 2.66 bits per heavy atom. The lowest BCUT2D eigenvalue weighted by Gasteiger charge is -2.16. The van der Waals surface area contributed by atoms with Gasteiger partial charge < -0.3 is 19.0 Å². The molecule has 32 heavy (non-hydrogen) atoms. The molecule has 0 saturated heterocycles. The molecule has 4 rings (SSSR count). The first-order valence-electron chi connectivity index (χ1n) is 11.2. The molecule has 0 aliphatic heterocycles. The highest BCUT2D eigenvalue weighted by molar-refractivity contribution is 5.91. The van der Waals surface area contributed by atoms with Crippen LogP contribution in [0.15, 0.2) is 71.3 Å². The number of unbranched alkanes of at least 4 members (excludes halogenated alkanes) is 1. The molecule has 1 unspecified atom stereocenters. The number of ether oxygens (including phenoxy) is 1. The van der Waals surface area contributed by atoms with Gasteiger partial charge in [0.15, 0.2) is 5.76 Å². The molecule has 1 N–H and O–H groups in total. The minimum atomic E-state index is -0.256. The number of aromatic nitrogens is 2. The van der Waals surface area contributed by atoms with Gasteiger partial charge in [-0.1, -0.05) is 31.2 Å². The van der Waals surface area contributed by atoms with Crippen molar-refractivity contribution in [1.82, 2.24) is 14.9 Å². The van der Waals surface area contributed by atoms with Gasteiger partial charge in [-0.05, 0) is 68.1 Å². The second kappa shape index (κ2) is 10.2. The molecule has 0 saturated carbocycles. The number of amides is 1. The maximum Gasteiger partial charge on any atom is 0.287 e. The molecule has 0 radical (unpaired) electrons. The summed E-state index contributed by atoms with van der Waals surface area (Å²) in [4.78, 5) is 17.2. The minimum Gasteiger partial charge on any atom is -0.494 e. The Morgan fingerprint density at radius 1 is 1.09 bits per heavy atom. The van der Waals surface area contributed by atoms with Crippen molar-refractivity contribution in [3.63, 3.8) is 0 Å². The maximum absolute atomic E-state index is 12.4. The van der Waals surface area contributed by atoms with E-state index in [4.69, 9.17) is 14.1 Å². The zero-order valence-electron chi connectivity index (χ0n) is 18.6. The Kier molecular flexibility index (Phi) is 6.90. The molecule has 0 fully saturated rings. The summed E-state index contributed by atoms with van der Waals surface area (Å²) in [6.45, 7) is 5.56. The molecule has 2 heterocycles. The summed E-state index contributed by atoms with van der Waals surface area (Å²) in [7, 11) is 0. The van der Waals surface area contributed by atoms with Crippen molar-refractivity contribution in [2.24, 2.45) is 0 Å². The molecule has 166 valence electrons. The zero-order valence-corrected chi connectivity index (χ0v) is 18.6. The molecule has 0 aliphatic rings. The lowest BCUT2D eigenvalue weighted by atomic mass is 10.2. The van der Waals surface area contributed by atoms with Gasteiger partial charge in [-0.3, -0.25) is 4.79 Å². The van der Waals surface area contributed by atoms with Gasteiger partial charge in [0.25, 0.3) is 5.91 Å². The summed E-state index contributed by atoms with van der Waals surface area (Å²) >= 11 is 0. The van der Waals surface area contributed by atoms with Crippen molar-refractivity contribution in [3.05, 3.63) is 84.1 Å². The number of imidazole rings is 1. The lowest BCUT2D eigenvalue weighted by Crippen LogP contribution is -2.28. The number of hydrogen-bond acceptors (Lipinski definition) is 4. The number of hydrogen-bond donors (Lipinski definition) is 1. The fourth-order valence-electron chi connectivity index (χ4n) is 3.78. The van der Waals surface area contributed by atoms with Crippen molar-refractivity contribution in [2.45, 2.75) is 45.7 Å². The molecule has 6 heteroatoms. The minimum absolute atomic E-state index is 0.247. The summed E-state index contributed by atoms with van der Waals surface area (Å²) in [6, 6.07) is 19.4. The molecule has 1 amide bonds. The predicted octanol–water partition coefficient (Wildman–Crippen LogP) is 5.54. The molecule has 4 aromatic rings. The molecule has 0 bridgehead atoms. The number of carbonyl (C=O) groups excluding carboxylic acids is 1. The highest BCUT2D eigenvalue weighted by Crippen LogP contribution is 2.22. The van der Waals surface area contributed by atoms with E-state index in [0.717, 1.165) is 48.4 Å². The third-order valence-electron chi connectivity index (χ3n) is 5.54. The van der Waals surface area contributed by atoms with Crippen LogP contribution in [0.3, 0.4) is 0 Å². The van der Waals surface area contributed by atoms with E-state index in [9.17, 15) is 4.79 Å². The zero-order chi connectivity index (χ0) is 22.3. The quantitative estimate of drug-likeness (QED) is 0.335. The van der Waals surface area contributed by atoms with Crippen LogP contribution in [0.2, 0.25) is 0 Å². The van der Waals surface area contributed by atoms with E-state index < -0.39 is 0 Å². The van der Waals surface area contributed by atoms with E-state index in [-0.39, 0.29) is 11.9 Å². The Morgan fingerprint density at radius 2 is 1.91 bits per heavy atom. The van der Waals surface area contributed by atoms with E-state index in [1.54, 1.807) is 12.1 Å². The van der Waals surface area contributed by atoms with Crippen LogP contribution < -0.4 is 10.1 Å². The summed E-state index contributed by atoms with van der Waals surface area (Å²) < 4.78 is 13.3. The van der Waals surface area contributed by atoms with Gasteiger partial charge in [0, 0.05) is 6.54 Å². The topological polar surface area (TPSA) is 69.3 Å². The van der Waals surface area contributed by atoms with Gasteiger partial charge in [-0.25, -0.2) is 4.98 Å². The van der Waals surface area contributed by atoms with Crippen molar-refractivity contribution in [1.29, 1.82) is 0 Å². The van der Waals surface area contributed by atoms with Crippen LogP contribution >= 0.6 is 0 Å². The van der Waals surface area contributed by atoms with Gasteiger partial charge in [0.1, 0.15) is 11.6 Å². The Bertz CT molecular complexity index is 1150. The van der Waals surface area contributed by atoms with Crippen molar-refractivity contribution in [2.75, 3.05) is 6.61 Å². The summed E-state index contributed by atoms with van der Waals surface area (Å²) in [5.74, 6) is 1.79. The van der Waals surface area contributed by atoms with E-state index in [1.807, 2.05) is 37.3 Å². The number of nitrogens with zero attached hydrogens (tertiary/aromatic N) is 2. The number of para-hydroxylation sites is 2. The smallest absolute Gasteiger partial charge is 0.287 e. The summed E-state index contributed by atoms with van der Waals surface area (Å²) in [5.41, 5.74) is 3.30. The number of furan rings is 1. The van der Waals surface area contributed by atoms with E-state index in [0.29, 0.717) is 12.4 Å². The normalized spacial score (nSPS) is 12.1. The van der Waals surface area contributed by atoms with Crippen LogP contribution in [0.25, 0.3) is 11.0 Å². The Balaban J connectivity index is 1.39. The van der Waals surface area contributed by atoms with Crippen molar-refractivity contribution >= 4 is 16.9 Å². The average Bonchev–Trinajstić information content (AvgIpc) is 3.48. The average molecular weight is 432 g/mol. The third-order valence-corrected chi connectivity index (χ3v) is 5.54. The number of fused-ring (bicyclic) bond motifs is 1. The van der Waals surface area contributed by atoms with Crippen LogP contribution in [0.5, 0.6) is 5.75 Å². The number of rotatable bonds is 10. The second-order valence-corrected chi connectivity index (χ2v) is 7.84. The maximum atomic E-state index is 12.4. The number of aryl methyl sites for hydroxylation is 2.